The number of carboxylic acid groups (broad SMARTS) is 1. The van der Waals surface area contributed by atoms with E-state index >= 15 is 0 Å². The molecule has 9 heteroatoms. The average Bonchev–Trinajstić information content (AvgIpc) is 2.64. The number of carbonyl (C=O) groups is 3. The van der Waals surface area contributed by atoms with Gasteiger partial charge in [0, 0.05) is 28.4 Å². The molecule has 1 atom stereocenters. The van der Waals surface area contributed by atoms with E-state index in [2.05, 4.69) is 10.6 Å². The van der Waals surface area contributed by atoms with E-state index in [1.54, 1.807) is 31.2 Å². The Bertz CT molecular complexity index is 919. The van der Waals surface area contributed by atoms with E-state index in [0.29, 0.717) is 11.4 Å². The number of amides is 2. The molecule has 3 N–H and O–H groups in total. The fourth-order valence-electron chi connectivity index (χ4n) is 2.02. The summed E-state index contributed by atoms with van der Waals surface area (Å²) >= 11 is 6.99. The van der Waals surface area contributed by atoms with E-state index in [0.717, 1.165) is 17.0 Å². The molecule has 0 aliphatic rings. The third kappa shape index (κ3) is 6.71. The van der Waals surface area contributed by atoms with Gasteiger partial charge in [-0.25, -0.2) is 9.18 Å². The van der Waals surface area contributed by atoms with Gasteiger partial charge in [-0.1, -0.05) is 11.6 Å². The Hall–Kier alpha value is -2.84. The van der Waals surface area contributed by atoms with Crippen LogP contribution in [0.3, 0.4) is 0 Å². The second kappa shape index (κ2) is 9.91. The highest BCUT2D eigenvalue weighted by atomic mass is 35.5. The van der Waals surface area contributed by atoms with Crippen LogP contribution < -0.4 is 10.6 Å². The highest BCUT2D eigenvalue weighted by molar-refractivity contribution is 8.00. The van der Waals surface area contributed by atoms with Crippen LogP contribution in [0, 0.1) is 5.82 Å². The minimum absolute atomic E-state index is 0.0751. The number of carbonyl (C=O) groups excluding carboxylic acids is 2. The maximum absolute atomic E-state index is 13.2. The van der Waals surface area contributed by atoms with Crippen molar-refractivity contribution in [2.75, 3.05) is 10.6 Å². The molecule has 0 spiro atoms. The number of halogens is 2. The molecule has 0 bridgehead atoms. The Morgan fingerprint density at radius 3 is 2.32 bits per heavy atom. The van der Waals surface area contributed by atoms with E-state index < -0.39 is 22.9 Å². The van der Waals surface area contributed by atoms with Gasteiger partial charge in [0.05, 0.1) is 10.3 Å². The summed E-state index contributed by atoms with van der Waals surface area (Å²) in [4.78, 5) is 35.0. The Labute approximate surface area is 169 Å². The molecule has 146 valence electrons. The van der Waals surface area contributed by atoms with Crippen molar-refractivity contribution < 1.29 is 23.9 Å². The van der Waals surface area contributed by atoms with Gasteiger partial charge in [-0.05, 0) is 49.4 Å². The zero-order valence-electron chi connectivity index (χ0n) is 14.6. The maximum atomic E-state index is 13.2. The first-order chi connectivity index (χ1) is 13.2. The van der Waals surface area contributed by atoms with Crippen molar-refractivity contribution in [3.05, 3.63) is 65.5 Å². The first-order valence-corrected chi connectivity index (χ1v) is 9.25. The normalized spacial score (nSPS) is 11.8. The van der Waals surface area contributed by atoms with Gasteiger partial charge in [0.25, 0.3) is 0 Å². The van der Waals surface area contributed by atoms with Crippen molar-refractivity contribution in [2.45, 2.75) is 17.1 Å². The molecule has 0 saturated heterocycles. The molecule has 2 amide bonds. The first kappa shape index (κ1) is 21.5. The lowest BCUT2D eigenvalue weighted by Gasteiger charge is -2.13. The highest BCUT2D eigenvalue weighted by Gasteiger charge is 2.15. The fraction of sp³-hybridized carbons (Fsp3) is 0.105. The number of benzene rings is 2. The molecule has 2 aromatic carbocycles. The Morgan fingerprint density at radius 1 is 1.07 bits per heavy atom. The number of nitrogens with one attached hydrogen (secondary N) is 2. The van der Waals surface area contributed by atoms with E-state index in [4.69, 9.17) is 16.7 Å². The SMILES string of the molecule is CC(Sc1ccc(NC(=O)/C=C/C(=O)O)cc1)C(=O)Nc1ccc(F)c(Cl)c1. The summed E-state index contributed by atoms with van der Waals surface area (Å²) in [6.45, 7) is 1.72. The average molecular weight is 423 g/mol. The molecule has 0 aliphatic heterocycles. The molecular weight excluding hydrogens is 407 g/mol. The lowest BCUT2D eigenvalue weighted by Crippen LogP contribution is -2.22. The van der Waals surface area contributed by atoms with Crippen molar-refractivity contribution in [2.24, 2.45) is 0 Å². The first-order valence-electron chi connectivity index (χ1n) is 7.99. The predicted octanol–water partition coefficient (Wildman–Crippen LogP) is 4.18. The third-order valence-corrected chi connectivity index (χ3v) is 4.77. The molecule has 0 fully saturated rings. The van der Waals surface area contributed by atoms with Gasteiger partial charge >= 0.3 is 5.97 Å². The van der Waals surface area contributed by atoms with Crippen molar-refractivity contribution in [1.82, 2.24) is 0 Å². The van der Waals surface area contributed by atoms with Crippen molar-refractivity contribution in [3.8, 4) is 0 Å². The van der Waals surface area contributed by atoms with Crippen LogP contribution in [0.1, 0.15) is 6.92 Å². The van der Waals surface area contributed by atoms with Crippen LogP contribution in [0.5, 0.6) is 0 Å². The summed E-state index contributed by atoms with van der Waals surface area (Å²) in [6, 6.07) is 10.7. The Kier molecular flexibility index (Phi) is 7.60. The van der Waals surface area contributed by atoms with Gasteiger partial charge in [0.15, 0.2) is 0 Å². The third-order valence-electron chi connectivity index (χ3n) is 3.37. The molecule has 0 radical (unpaired) electrons. The van der Waals surface area contributed by atoms with E-state index in [1.165, 1.54) is 30.0 Å². The second-order valence-electron chi connectivity index (χ2n) is 5.56. The highest BCUT2D eigenvalue weighted by Crippen LogP contribution is 2.26. The Morgan fingerprint density at radius 2 is 1.71 bits per heavy atom. The van der Waals surface area contributed by atoms with Crippen LogP contribution in [-0.4, -0.2) is 28.1 Å². The predicted molar refractivity (Wildman–Crippen MR) is 107 cm³/mol. The second-order valence-corrected chi connectivity index (χ2v) is 7.38. The fourth-order valence-corrected chi connectivity index (χ4v) is 3.07. The van der Waals surface area contributed by atoms with Crippen molar-refractivity contribution in [1.29, 1.82) is 0 Å². The van der Waals surface area contributed by atoms with E-state index in [9.17, 15) is 18.8 Å². The van der Waals surface area contributed by atoms with Crippen LogP contribution in [0.25, 0.3) is 0 Å². The van der Waals surface area contributed by atoms with Gasteiger partial charge in [-0.2, -0.15) is 0 Å². The summed E-state index contributed by atoms with van der Waals surface area (Å²) in [5.74, 6) is -2.61. The zero-order chi connectivity index (χ0) is 20.7. The van der Waals surface area contributed by atoms with Crippen LogP contribution in [-0.2, 0) is 14.4 Å². The van der Waals surface area contributed by atoms with Crippen LogP contribution >= 0.6 is 23.4 Å². The zero-order valence-corrected chi connectivity index (χ0v) is 16.2. The number of hydrogen-bond donors (Lipinski definition) is 3. The van der Waals surface area contributed by atoms with Gasteiger partial charge in [0.1, 0.15) is 5.82 Å². The summed E-state index contributed by atoms with van der Waals surface area (Å²) in [5.41, 5.74) is 0.888. The molecule has 0 heterocycles. The van der Waals surface area contributed by atoms with Crippen LogP contribution in [0.4, 0.5) is 15.8 Å². The molecular formula is C19H16ClFN2O4S. The number of hydrogen-bond acceptors (Lipinski definition) is 4. The monoisotopic (exact) mass is 422 g/mol. The molecule has 0 aliphatic carbocycles. The van der Waals surface area contributed by atoms with Gasteiger partial charge < -0.3 is 15.7 Å². The number of thioether (sulfide) groups is 1. The molecule has 1 unspecified atom stereocenters. The van der Waals surface area contributed by atoms with Gasteiger partial charge in [0.2, 0.25) is 11.8 Å². The largest absolute Gasteiger partial charge is 0.478 e. The van der Waals surface area contributed by atoms with Crippen molar-refractivity contribution >= 4 is 52.5 Å². The summed E-state index contributed by atoms with van der Waals surface area (Å²) in [7, 11) is 0. The molecule has 6 nitrogen and oxygen atoms in total. The van der Waals surface area contributed by atoms with E-state index in [-0.39, 0.29) is 10.9 Å². The number of rotatable bonds is 7. The van der Waals surface area contributed by atoms with Gasteiger partial charge in [-0.15, -0.1) is 11.8 Å². The summed E-state index contributed by atoms with van der Waals surface area (Å²) < 4.78 is 13.2. The molecule has 2 rings (SSSR count). The molecule has 2 aromatic rings. The number of aliphatic carboxylic acids is 1. The Balaban J connectivity index is 1.91. The topological polar surface area (TPSA) is 95.5 Å². The van der Waals surface area contributed by atoms with Crippen molar-refractivity contribution in [3.63, 3.8) is 0 Å². The summed E-state index contributed by atoms with van der Waals surface area (Å²) in [6.07, 6.45) is 1.66. The minimum atomic E-state index is -1.21. The molecule has 0 aromatic heterocycles. The summed E-state index contributed by atoms with van der Waals surface area (Å²) in [5, 5.41) is 13.2. The number of anilines is 2. The minimum Gasteiger partial charge on any atom is -0.478 e. The van der Waals surface area contributed by atoms with Crippen LogP contribution in [0.15, 0.2) is 59.5 Å². The maximum Gasteiger partial charge on any atom is 0.328 e. The standard InChI is InChI=1S/C19H16ClFN2O4S/c1-11(19(27)23-13-4-7-16(21)15(20)10-13)28-14-5-2-12(3-6-14)22-17(24)8-9-18(25)26/h2-11H,1H3,(H,22,24)(H,23,27)(H,25,26)/b9-8+. The van der Waals surface area contributed by atoms with Crippen LogP contribution in [0.2, 0.25) is 5.02 Å². The molecule has 28 heavy (non-hydrogen) atoms. The van der Waals surface area contributed by atoms with Gasteiger partial charge in [-0.3, -0.25) is 9.59 Å². The molecule has 0 saturated carbocycles. The van der Waals surface area contributed by atoms with E-state index in [1.807, 2.05) is 0 Å². The lowest BCUT2D eigenvalue weighted by atomic mass is 10.3. The quantitative estimate of drug-likeness (QED) is 0.459. The lowest BCUT2D eigenvalue weighted by molar-refractivity contribution is -0.131. The number of carboxylic acids is 1. The smallest absolute Gasteiger partial charge is 0.328 e.